The number of halogens is 1. The molecule has 11 N–H and O–H groups in total. The first-order valence-electron chi connectivity index (χ1n) is 11.7. The van der Waals surface area contributed by atoms with Gasteiger partial charge in [-0.05, 0) is 68.0 Å². The normalized spacial score (nSPS) is 26.6. The first kappa shape index (κ1) is 38.4. The number of likely N-dealkylation sites (tertiary alicyclic amines) is 1. The summed E-state index contributed by atoms with van der Waals surface area (Å²) in [5, 5.41) is 8.38. The van der Waals surface area contributed by atoms with Crippen molar-refractivity contribution in [1.82, 2.24) is 21.7 Å². The minimum Gasteiger partial charge on any atom is -0.412 e. The molecule has 0 radical (unpaired) electrons. The van der Waals surface area contributed by atoms with Gasteiger partial charge in [0.25, 0.3) is 0 Å². The smallest absolute Gasteiger partial charge is 0.0420 e. The fraction of sp³-hybridized carbons (Fsp3) is 0.840. The van der Waals surface area contributed by atoms with E-state index in [0.717, 1.165) is 35.8 Å². The second kappa shape index (κ2) is 18.1. The van der Waals surface area contributed by atoms with E-state index in [1.54, 1.807) is 0 Å². The molecule has 0 aromatic heterocycles. The van der Waals surface area contributed by atoms with Gasteiger partial charge in [-0.3, -0.25) is 0 Å². The zero-order chi connectivity index (χ0) is 20.9. The van der Waals surface area contributed by atoms with Crippen molar-refractivity contribution >= 4 is 23.4 Å². The van der Waals surface area contributed by atoms with Crippen molar-refractivity contribution in [2.24, 2.45) is 23.2 Å². The van der Waals surface area contributed by atoms with E-state index in [1.807, 2.05) is 11.8 Å². The molecule has 3 rings (SSSR count). The SMILES string of the molecule is C.CC(C)[C@H](CN1CC[C@H](C2C=CC(Cl)=CC2)C(C)(C)C1)NCCCC1CSCN1.N.O.O.O. The van der Waals surface area contributed by atoms with Gasteiger partial charge < -0.3 is 38.1 Å². The number of allylic oxidation sites excluding steroid dienone is 4. The van der Waals surface area contributed by atoms with Crippen LogP contribution in [0.4, 0.5) is 0 Å². The van der Waals surface area contributed by atoms with Crippen molar-refractivity contribution in [3.8, 4) is 0 Å². The van der Waals surface area contributed by atoms with E-state index >= 15 is 0 Å². The molecular weight excluding hydrogens is 472 g/mol. The van der Waals surface area contributed by atoms with Gasteiger partial charge in [0.1, 0.15) is 0 Å². The molecule has 2 aliphatic heterocycles. The predicted molar refractivity (Wildman–Crippen MR) is 152 cm³/mol. The van der Waals surface area contributed by atoms with Crippen LogP contribution in [0.15, 0.2) is 23.3 Å². The van der Waals surface area contributed by atoms with Crippen LogP contribution in [0.25, 0.3) is 0 Å². The van der Waals surface area contributed by atoms with Crippen molar-refractivity contribution in [2.75, 3.05) is 37.8 Å². The van der Waals surface area contributed by atoms with Crippen LogP contribution in [0.5, 0.6) is 0 Å². The maximum absolute atomic E-state index is 6.15. The predicted octanol–water partition coefficient (Wildman–Crippen LogP) is 3.41. The quantitative estimate of drug-likeness (QED) is 0.392. The Morgan fingerprint density at radius 1 is 1.26 bits per heavy atom. The van der Waals surface area contributed by atoms with Gasteiger partial charge in [-0.25, -0.2) is 0 Å². The van der Waals surface area contributed by atoms with Crippen LogP contribution >= 0.6 is 23.4 Å². The van der Waals surface area contributed by atoms with Gasteiger partial charge >= 0.3 is 0 Å². The van der Waals surface area contributed by atoms with E-state index in [0.29, 0.717) is 23.3 Å². The highest BCUT2D eigenvalue weighted by Crippen LogP contribution is 2.43. The van der Waals surface area contributed by atoms with Crippen LogP contribution in [0.2, 0.25) is 0 Å². The summed E-state index contributed by atoms with van der Waals surface area (Å²) in [5.41, 5.74) is 0.345. The fourth-order valence-corrected chi connectivity index (χ4v) is 6.59. The maximum atomic E-state index is 6.15. The number of rotatable bonds is 9. The largest absolute Gasteiger partial charge is 0.412 e. The van der Waals surface area contributed by atoms with E-state index in [4.69, 9.17) is 11.6 Å². The van der Waals surface area contributed by atoms with Gasteiger partial charge in [-0.1, -0.05) is 58.9 Å². The Kier molecular flexibility index (Phi) is 20.5. The second-order valence-corrected chi connectivity index (χ2v) is 11.8. The molecule has 1 aliphatic carbocycles. The van der Waals surface area contributed by atoms with E-state index in [2.05, 4.69) is 61.5 Å². The minimum atomic E-state index is 0. The zero-order valence-corrected chi connectivity index (χ0v) is 22.7. The summed E-state index contributed by atoms with van der Waals surface area (Å²) in [6.45, 7) is 14.4. The number of hydrogen-bond donors (Lipinski definition) is 3. The third-order valence-electron chi connectivity index (χ3n) is 7.18. The lowest BCUT2D eigenvalue weighted by molar-refractivity contribution is 0.0252. The molecule has 0 aromatic carbocycles. The number of piperidine rings is 1. The van der Waals surface area contributed by atoms with Crippen molar-refractivity contribution in [1.29, 1.82) is 0 Å². The minimum absolute atomic E-state index is 0. The molecule has 0 aromatic rings. The van der Waals surface area contributed by atoms with E-state index in [-0.39, 0.29) is 30.0 Å². The molecule has 3 aliphatic rings. The molecular formula is C25H55ClN4O3S. The lowest BCUT2D eigenvalue weighted by Gasteiger charge is -2.48. The van der Waals surface area contributed by atoms with Crippen LogP contribution in [0, 0.1) is 23.2 Å². The average Bonchev–Trinajstić information content (AvgIpc) is 3.18. The van der Waals surface area contributed by atoms with Crippen molar-refractivity contribution in [3.63, 3.8) is 0 Å². The Morgan fingerprint density at radius 3 is 2.50 bits per heavy atom. The monoisotopic (exact) mass is 526 g/mol. The first-order chi connectivity index (χ1) is 13.8. The molecule has 2 heterocycles. The molecule has 34 heavy (non-hydrogen) atoms. The summed E-state index contributed by atoms with van der Waals surface area (Å²) >= 11 is 8.18. The van der Waals surface area contributed by atoms with Crippen LogP contribution in [0.3, 0.4) is 0 Å². The van der Waals surface area contributed by atoms with Crippen molar-refractivity contribution in [2.45, 2.75) is 72.9 Å². The Bertz CT molecular complexity index is 587. The molecule has 0 spiro atoms. The van der Waals surface area contributed by atoms with E-state index < -0.39 is 0 Å². The molecule has 0 saturated carbocycles. The summed E-state index contributed by atoms with van der Waals surface area (Å²) in [5.74, 6) is 4.49. The van der Waals surface area contributed by atoms with Crippen LogP contribution in [0.1, 0.15) is 60.8 Å². The van der Waals surface area contributed by atoms with Crippen LogP contribution < -0.4 is 16.8 Å². The third-order valence-corrected chi connectivity index (χ3v) is 8.47. The summed E-state index contributed by atoms with van der Waals surface area (Å²) in [6.07, 6.45) is 11.7. The second-order valence-electron chi connectivity index (χ2n) is 10.3. The van der Waals surface area contributed by atoms with Gasteiger partial charge in [0.15, 0.2) is 0 Å². The number of nitrogens with zero attached hydrogens (tertiary/aromatic N) is 1. The average molecular weight is 527 g/mol. The highest BCUT2D eigenvalue weighted by molar-refractivity contribution is 7.99. The maximum Gasteiger partial charge on any atom is 0.0420 e. The highest BCUT2D eigenvalue weighted by Gasteiger charge is 2.40. The number of thioether (sulfide) groups is 1. The van der Waals surface area contributed by atoms with Gasteiger partial charge in [0.2, 0.25) is 0 Å². The summed E-state index contributed by atoms with van der Waals surface area (Å²) in [7, 11) is 0. The first-order valence-corrected chi connectivity index (χ1v) is 13.2. The van der Waals surface area contributed by atoms with Crippen molar-refractivity contribution < 1.29 is 16.4 Å². The lowest BCUT2D eigenvalue weighted by Crippen LogP contribution is -2.52. The Hall–Kier alpha value is -0.160. The Balaban J connectivity index is -0.00000192. The van der Waals surface area contributed by atoms with Crippen LogP contribution in [-0.4, -0.2) is 71.2 Å². The summed E-state index contributed by atoms with van der Waals surface area (Å²) < 4.78 is 0. The topological polar surface area (TPSA) is 157 Å². The summed E-state index contributed by atoms with van der Waals surface area (Å²) in [4.78, 5) is 2.72. The standard InChI is InChI=1S/C24H42ClN3S.CH4.H3N.3H2O/c1-18(2)23(26-12-5-6-21-15-29-17-27-21)14-28-13-11-22(24(3,4)16-28)19-7-9-20(25)10-8-19;;;;;/h7,9-10,18-19,21-23,26-27H,5-6,8,11-17H2,1-4H3;1H4;1H3;3*1H2/t19?,21?,22-,23+;;;;;/m1...../s1. The zero-order valence-electron chi connectivity index (χ0n) is 21.1. The molecule has 206 valence electrons. The number of nitrogens with one attached hydrogen (secondary N) is 2. The third kappa shape index (κ3) is 11.3. The number of hydrogen-bond acceptors (Lipinski definition) is 5. The molecule has 9 heteroatoms. The molecule has 7 nitrogen and oxygen atoms in total. The molecule has 0 amide bonds. The summed E-state index contributed by atoms with van der Waals surface area (Å²) in [6, 6.07) is 1.32. The van der Waals surface area contributed by atoms with Crippen molar-refractivity contribution in [3.05, 3.63) is 23.3 Å². The fourth-order valence-electron chi connectivity index (χ4n) is 5.39. The Labute approximate surface area is 218 Å². The molecule has 2 unspecified atom stereocenters. The Morgan fingerprint density at radius 2 is 1.97 bits per heavy atom. The van der Waals surface area contributed by atoms with Gasteiger partial charge in [0.05, 0.1) is 0 Å². The highest BCUT2D eigenvalue weighted by atomic mass is 35.5. The molecule has 2 fully saturated rings. The molecule has 4 atom stereocenters. The van der Waals surface area contributed by atoms with Crippen LogP contribution in [-0.2, 0) is 0 Å². The van der Waals surface area contributed by atoms with Gasteiger partial charge in [-0.15, -0.1) is 11.8 Å². The van der Waals surface area contributed by atoms with E-state index in [1.165, 1.54) is 44.6 Å². The molecule has 2 saturated heterocycles. The van der Waals surface area contributed by atoms with E-state index in [9.17, 15) is 0 Å². The lowest BCUT2D eigenvalue weighted by atomic mass is 9.66. The van der Waals surface area contributed by atoms with Gasteiger partial charge in [-0.2, -0.15) is 0 Å². The molecule has 0 bridgehead atoms. The van der Waals surface area contributed by atoms with Gasteiger partial charge in [0, 0.05) is 41.8 Å².